The van der Waals surface area contributed by atoms with Crippen molar-refractivity contribution >= 4 is 27.4 Å². The van der Waals surface area contributed by atoms with Gasteiger partial charge >= 0.3 is 0 Å². The monoisotopic (exact) mass is 353 g/mol. The number of carbonyl (C=O) groups excluding carboxylic acids is 1. The number of anilines is 1. The minimum Gasteiger partial charge on any atom is -0.493 e. The molecular formula is C15H13BrFNO3. The van der Waals surface area contributed by atoms with E-state index in [1.165, 1.54) is 20.3 Å². The SMILES string of the molecule is COc1cc(F)c(C(=O)c2cccc(N)c2Br)cc1OC. The molecule has 6 heteroatoms. The van der Waals surface area contributed by atoms with E-state index in [4.69, 9.17) is 15.2 Å². The zero-order valence-electron chi connectivity index (χ0n) is 11.4. The van der Waals surface area contributed by atoms with Crippen LogP contribution < -0.4 is 15.2 Å². The van der Waals surface area contributed by atoms with Gasteiger partial charge in [-0.15, -0.1) is 0 Å². The molecule has 0 heterocycles. The van der Waals surface area contributed by atoms with Crippen LogP contribution in [0.25, 0.3) is 0 Å². The fourth-order valence-corrected chi connectivity index (χ4v) is 2.34. The molecule has 110 valence electrons. The van der Waals surface area contributed by atoms with E-state index >= 15 is 0 Å². The molecule has 0 fully saturated rings. The van der Waals surface area contributed by atoms with Crippen LogP contribution in [0.5, 0.6) is 11.5 Å². The summed E-state index contributed by atoms with van der Waals surface area (Å²) in [5.41, 5.74) is 6.31. The maximum absolute atomic E-state index is 14.1. The van der Waals surface area contributed by atoms with E-state index in [1.807, 2.05) is 0 Å². The highest BCUT2D eigenvalue weighted by Gasteiger charge is 2.20. The summed E-state index contributed by atoms with van der Waals surface area (Å²) in [5.74, 6) is -0.680. The number of rotatable bonds is 4. The molecule has 0 spiro atoms. The van der Waals surface area contributed by atoms with Crippen LogP contribution in [-0.2, 0) is 0 Å². The molecule has 0 amide bonds. The van der Waals surface area contributed by atoms with Gasteiger partial charge in [-0.1, -0.05) is 6.07 Å². The van der Waals surface area contributed by atoms with Crippen molar-refractivity contribution in [3.8, 4) is 11.5 Å². The predicted octanol–water partition coefficient (Wildman–Crippen LogP) is 3.42. The zero-order valence-corrected chi connectivity index (χ0v) is 13.0. The molecule has 0 aliphatic rings. The lowest BCUT2D eigenvalue weighted by molar-refractivity contribution is 0.103. The van der Waals surface area contributed by atoms with Crippen molar-refractivity contribution in [2.45, 2.75) is 0 Å². The van der Waals surface area contributed by atoms with E-state index in [1.54, 1.807) is 18.2 Å². The smallest absolute Gasteiger partial charge is 0.197 e. The number of carbonyl (C=O) groups is 1. The summed E-state index contributed by atoms with van der Waals surface area (Å²) in [6, 6.07) is 7.27. The Kier molecular flexibility index (Phi) is 4.47. The van der Waals surface area contributed by atoms with Crippen LogP contribution in [0.4, 0.5) is 10.1 Å². The standard InChI is InChI=1S/C15H13BrFNO3/c1-20-12-6-9(10(17)7-13(12)21-2)15(19)8-4-3-5-11(18)14(8)16/h3-7H,18H2,1-2H3. The van der Waals surface area contributed by atoms with Crippen LogP contribution >= 0.6 is 15.9 Å². The molecule has 2 aromatic carbocycles. The van der Waals surface area contributed by atoms with Gasteiger partial charge in [0.05, 0.1) is 24.3 Å². The van der Waals surface area contributed by atoms with Gasteiger partial charge in [0, 0.05) is 17.3 Å². The Hall–Kier alpha value is -2.08. The molecule has 0 saturated carbocycles. The van der Waals surface area contributed by atoms with Crippen LogP contribution in [0.1, 0.15) is 15.9 Å². The predicted molar refractivity (Wildman–Crippen MR) is 81.5 cm³/mol. The lowest BCUT2D eigenvalue weighted by Crippen LogP contribution is -2.07. The molecule has 0 aliphatic heterocycles. The Bertz CT molecular complexity index is 704. The second-order valence-electron chi connectivity index (χ2n) is 4.22. The molecule has 21 heavy (non-hydrogen) atoms. The lowest BCUT2D eigenvalue weighted by atomic mass is 10.0. The van der Waals surface area contributed by atoms with Gasteiger partial charge in [-0.25, -0.2) is 4.39 Å². The van der Waals surface area contributed by atoms with Gasteiger partial charge < -0.3 is 15.2 Å². The van der Waals surface area contributed by atoms with E-state index in [0.29, 0.717) is 10.2 Å². The van der Waals surface area contributed by atoms with E-state index in [0.717, 1.165) is 6.07 Å². The first kappa shape index (κ1) is 15.3. The molecule has 0 aromatic heterocycles. The highest BCUT2D eigenvalue weighted by atomic mass is 79.9. The van der Waals surface area contributed by atoms with Crippen molar-refractivity contribution in [3.05, 3.63) is 51.7 Å². The largest absolute Gasteiger partial charge is 0.493 e. The van der Waals surface area contributed by atoms with Crippen LogP contribution in [0.15, 0.2) is 34.8 Å². The average molecular weight is 354 g/mol. The number of nitrogen functional groups attached to an aromatic ring is 1. The van der Waals surface area contributed by atoms with E-state index < -0.39 is 11.6 Å². The number of halogens is 2. The van der Waals surface area contributed by atoms with Gasteiger partial charge in [-0.3, -0.25) is 4.79 Å². The van der Waals surface area contributed by atoms with E-state index in [9.17, 15) is 9.18 Å². The fraction of sp³-hybridized carbons (Fsp3) is 0.133. The van der Waals surface area contributed by atoms with Gasteiger partial charge in [0.1, 0.15) is 5.82 Å². The number of hydrogen-bond donors (Lipinski definition) is 1. The first-order chi connectivity index (χ1) is 9.99. The highest BCUT2D eigenvalue weighted by Crippen LogP contribution is 2.32. The summed E-state index contributed by atoms with van der Waals surface area (Å²) in [6.07, 6.45) is 0. The van der Waals surface area contributed by atoms with Crippen LogP contribution in [0.3, 0.4) is 0 Å². The topological polar surface area (TPSA) is 61.5 Å². The maximum atomic E-state index is 14.1. The molecule has 0 aliphatic carbocycles. The van der Waals surface area contributed by atoms with Gasteiger partial charge in [0.25, 0.3) is 0 Å². The van der Waals surface area contributed by atoms with Gasteiger partial charge in [-0.2, -0.15) is 0 Å². The number of ketones is 1. The molecule has 4 nitrogen and oxygen atoms in total. The Balaban J connectivity index is 2.56. The van der Waals surface area contributed by atoms with E-state index in [2.05, 4.69) is 15.9 Å². The minimum absolute atomic E-state index is 0.112. The van der Waals surface area contributed by atoms with Crippen LogP contribution in [0, 0.1) is 5.82 Å². The van der Waals surface area contributed by atoms with Gasteiger partial charge in [-0.05, 0) is 34.1 Å². The summed E-state index contributed by atoms with van der Waals surface area (Å²) >= 11 is 3.24. The van der Waals surface area contributed by atoms with Crippen molar-refractivity contribution in [1.82, 2.24) is 0 Å². The third-order valence-corrected chi connectivity index (χ3v) is 3.88. The third kappa shape index (κ3) is 2.85. The average Bonchev–Trinajstić information content (AvgIpc) is 2.49. The molecule has 0 saturated heterocycles. The number of nitrogens with two attached hydrogens (primary N) is 1. The van der Waals surface area contributed by atoms with Gasteiger partial charge in [0.15, 0.2) is 17.3 Å². The highest BCUT2D eigenvalue weighted by molar-refractivity contribution is 9.10. The summed E-state index contributed by atoms with van der Waals surface area (Å²) in [7, 11) is 2.81. The zero-order chi connectivity index (χ0) is 15.6. The molecule has 2 rings (SSSR count). The van der Waals surface area contributed by atoms with Crippen molar-refractivity contribution in [2.24, 2.45) is 0 Å². The molecule has 0 bridgehead atoms. The molecular weight excluding hydrogens is 341 g/mol. The van der Waals surface area contributed by atoms with Crippen LogP contribution in [-0.4, -0.2) is 20.0 Å². The molecule has 2 N–H and O–H groups in total. The summed E-state index contributed by atoms with van der Waals surface area (Å²) in [5, 5.41) is 0. The lowest BCUT2D eigenvalue weighted by Gasteiger charge is -2.11. The first-order valence-electron chi connectivity index (χ1n) is 5.99. The number of ether oxygens (including phenoxy) is 2. The molecule has 0 radical (unpaired) electrons. The van der Waals surface area contributed by atoms with Crippen molar-refractivity contribution < 1.29 is 18.7 Å². The fourth-order valence-electron chi connectivity index (χ4n) is 1.90. The summed E-state index contributed by atoms with van der Waals surface area (Å²) in [6.45, 7) is 0. The quantitative estimate of drug-likeness (QED) is 0.675. The van der Waals surface area contributed by atoms with Crippen LogP contribution in [0.2, 0.25) is 0 Å². The third-order valence-electron chi connectivity index (χ3n) is 2.99. The Morgan fingerprint density at radius 1 is 1.14 bits per heavy atom. The number of methoxy groups -OCH3 is 2. The second kappa shape index (κ2) is 6.13. The summed E-state index contributed by atoms with van der Waals surface area (Å²) in [4.78, 5) is 12.5. The second-order valence-corrected chi connectivity index (χ2v) is 5.02. The number of benzene rings is 2. The molecule has 2 aromatic rings. The van der Waals surface area contributed by atoms with Crippen molar-refractivity contribution in [3.63, 3.8) is 0 Å². The molecule has 0 atom stereocenters. The van der Waals surface area contributed by atoms with E-state index in [-0.39, 0.29) is 22.6 Å². The Morgan fingerprint density at radius 3 is 2.38 bits per heavy atom. The van der Waals surface area contributed by atoms with Crippen molar-refractivity contribution in [2.75, 3.05) is 20.0 Å². The normalized spacial score (nSPS) is 10.3. The number of hydrogen-bond acceptors (Lipinski definition) is 4. The van der Waals surface area contributed by atoms with Gasteiger partial charge in [0.2, 0.25) is 0 Å². The molecule has 0 unspecified atom stereocenters. The Morgan fingerprint density at radius 2 is 1.76 bits per heavy atom. The first-order valence-corrected chi connectivity index (χ1v) is 6.79. The Labute approximate surface area is 129 Å². The summed E-state index contributed by atoms with van der Waals surface area (Å²) < 4.78 is 24.6. The maximum Gasteiger partial charge on any atom is 0.197 e. The van der Waals surface area contributed by atoms with Crippen molar-refractivity contribution in [1.29, 1.82) is 0 Å². The minimum atomic E-state index is -0.688.